The van der Waals surface area contributed by atoms with Crippen LogP contribution in [0.1, 0.15) is 40.0 Å². The van der Waals surface area contributed by atoms with E-state index in [4.69, 9.17) is 9.47 Å². The molecule has 0 aromatic carbocycles. The Bertz CT molecular complexity index is 409. The molecule has 2 aliphatic rings. The predicted octanol–water partition coefficient (Wildman–Crippen LogP) is 2.30. The highest BCUT2D eigenvalue weighted by Gasteiger charge is 2.53. The van der Waals surface area contributed by atoms with Crippen molar-refractivity contribution in [1.82, 2.24) is 4.90 Å². The van der Waals surface area contributed by atoms with Gasteiger partial charge in [0.2, 0.25) is 0 Å². The summed E-state index contributed by atoms with van der Waals surface area (Å²) in [6, 6.07) is 0. The number of carboxylic acids is 1. The van der Waals surface area contributed by atoms with Crippen LogP contribution in [0.2, 0.25) is 0 Å². The van der Waals surface area contributed by atoms with Gasteiger partial charge in [-0.3, -0.25) is 4.79 Å². The molecule has 2 fully saturated rings. The lowest BCUT2D eigenvalue weighted by atomic mass is 9.72. The van der Waals surface area contributed by atoms with Gasteiger partial charge in [-0.2, -0.15) is 0 Å². The Morgan fingerprint density at radius 2 is 2.05 bits per heavy atom. The Labute approximate surface area is 131 Å². The highest BCUT2D eigenvalue weighted by Crippen LogP contribution is 2.40. The fourth-order valence-corrected chi connectivity index (χ4v) is 2.96. The number of amides is 1. The Kier molecular flexibility index (Phi) is 5.50. The highest BCUT2D eigenvalue weighted by atomic mass is 35.5. The van der Waals surface area contributed by atoms with Gasteiger partial charge in [-0.15, -0.1) is 12.4 Å². The van der Waals surface area contributed by atoms with E-state index in [-0.39, 0.29) is 25.1 Å². The average molecular weight is 322 g/mol. The minimum absolute atomic E-state index is 0. The van der Waals surface area contributed by atoms with Crippen molar-refractivity contribution in [2.24, 2.45) is 5.41 Å². The number of carbonyl (C=O) groups excluding carboxylic acids is 1. The number of piperidine rings is 1. The van der Waals surface area contributed by atoms with Crippen molar-refractivity contribution >= 4 is 24.5 Å². The maximum absolute atomic E-state index is 12.1. The Hall–Kier alpha value is -1.01. The first-order valence-electron chi connectivity index (χ1n) is 7.07. The summed E-state index contributed by atoms with van der Waals surface area (Å²) in [4.78, 5) is 25.3. The summed E-state index contributed by atoms with van der Waals surface area (Å²) in [6.07, 6.45) is 1.07. The van der Waals surface area contributed by atoms with E-state index in [0.29, 0.717) is 32.4 Å². The summed E-state index contributed by atoms with van der Waals surface area (Å²) >= 11 is 0. The first-order chi connectivity index (χ1) is 9.24. The molecular formula is C14H24ClNO5. The largest absolute Gasteiger partial charge is 0.481 e. The second-order valence-electron chi connectivity index (χ2n) is 6.61. The number of halogens is 1. The van der Waals surface area contributed by atoms with Gasteiger partial charge in [0.15, 0.2) is 0 Å². The van der Waals surface area contributed by atoms with Crippen molar-refractivity contribution in [1.29, 1.82) is 0 Å². The van der Waals surface area contributed by atoms with Gasteiger partial charge < -0.3 is 19.5 Å². The lowest BCUT2D eigenvalue weighted by Gasteiger charge is -2.47. The maximum atomic E-state index is 12.1. The molecule has 0 spiro atoms. The molecule has 2 saturated heterocycles. The molecule has 21 heavy (non-hydrogen) atoms. The molecule has 2 aliphatic heterocycles. The Morgan fingerprint density at radius 3 is 2.62 bits per heavy atom. The molecule has 0 aliphatic carbocycles. The third kappa shape index (κ3) is 3.80. The number of hydrogen-bond donors (Lipinski definition) is 1. The van der Waals surface area contributed by atoms with Crippen LogP contribution in [0.3, 0.4) is 0 Å². The predicted molar refractivity (Wildman–Crippen MR) is 78.7 cm³/mol. The zero-order valence-corrected chi connectivity index (χ0v) is 13.6. The van der Waals surface area contributed by atoms with Crippen molar-refractivity contribution in [2.75, 3.05) is 19.7 Å². The van der Waals surface area contributed by atoms with E-state index in [1.54, 1.807) is 20.8 Å². The number of carboxylic acid groups (broad SMARTS) is 1. The summed E-state index contributed by atoms with van der Waals surface area (Å²) in [5, 5.41) is 9.60. The fraction of sp³-hybridized carbons (Fsp3) is 0.857. The van der Waals surface area contributed by atoms with Crippen LogP contribution in [0.4, 0.5) is 4.79 Å². The lowest BCUT2D eigenvalue weighted by molar-refractivity contribution is -0.177. The van der Waals surface area contributed by atoms with E-state index < -0.39 is 23.1 Å². The summed E-state index contributed by atoms with van der Waals surface area (Å²) in [5.41, 5.74) is -1.55. The van der Waals surface area contributed by atoms with E-state index >= 15 is 0 Å². The van der Waals surface area contributed by atoms with Crippen LogP contribution < -0.4 is 0 Å². The smallest absolute Gasteiger partial charge is 0.410 e. The minimum Gasteiger partial charge on any atom is -0.481 e. The highest BCUT2D eigenvalue weighted by molar-refractivity contribution is 5.85. The first kappa shape index (κ1) is 18.0. The van der Waals surface area contributed by atoms with Crippen LogP contribution in [0, 0.1) is 5.41 Å². The number of carbonyl (C=O) groups is 2. The molecule has 6 nitrogen and oxygen atoms in total. The monoisotopic (exact) mass is 321 g/mol. The molecule has 7 heteroatoms. The molecule has 122 valence electrons. The van der Waals surface area contributed by atoms with Gasteiger partial charge in [-0.1, -0.05) is 0 Å². The van der Waals surface area contributed by atoms with Gasteiger partial charge in [-0.05, 0) is 40.0 Å². The van der Waals surface area contributed by atoms with Crippen molar-refractivity contribution in [3.63, 3.8) is 0 Å². The van der Waals surface area contributed by atoms with E-state index in [2.05, 4.69) is 0 Å². The van der Waals surface area contributed by atoms with Crippen LogP contribution in [0.15, 0.2) is 0 Å². The van der Waals surface area contributed by atoms with Gasteiger partial charge >= 0.3 is 12.1 Å². The van der Waals surface area contributed by atoms with Crippen molar-refractivity contribution in [3.8, 4) is 0 Å². The van der Waals surface area contributed by atoms with Gasteiger partial charge in [0, 0.05) is 19.7 Å². The number of hydrogen-bond acceptors (Lipinski definition) is 4. The molecule has 2 heterocycles. The quantitative estimate of drug-likeness (QED) is 0.802. The standard InChI is InChI=1S/C14H23NO5.ClH/c1-13(2,3)20-12(18)15-7-5-10-14(9-15,11(16)17)6-4-8-19-10;/h10H,4-9H2,1-3H3,(H,16,17);1H/t10-,14+;/m1./s1. The Morgan fingerprint density at radius 1 is 1.38 bits per heavy atom. The van der Waals surface area contributed by atoms with Crippen molar-refractivity contribution in [2.45, 2.75) is 51.7 Å². The van der Waals surface area contributed by atoms with Crippen LogP contribution in [-0.4, -0.2) is 53.5 Å². The summed E-state index contributed by atoms with van der Waals surface area (Å²) in [7, 11) is 0. The normalized spacial score (nSPS) is 29.1. The van der Waals surface area contributed by atoms with Crippen LogP contribution in [-0.2, 0) is 14.3 Å². The number of rotatable bonds is 1. The average Bonchev–Trinajstić information content (AvgIpc) is 2.35. The summed E-state index contributed by atoms with van der Waals surface area (Å²) in [6.45, 7) is 6.65. The number of nitrogens with zero attached hydrogens (tertiary/aromatic N) is 1. The van der Waals surface area contributed by atoms with Gasteiger partial charge in [-0.25, -0.2) is 4.79 Å². The SMILES string of the molecule is CC(C)(C)OC(=O)N1CC[C@H]2OCCC[C@]2(C(=O)O)C1.Cl. The lowest BCUT2D eigenvalue weighted by Crippen LogP contribution is -2.60. The molecule has 0 saturated carbocycles. The maximum Gasteiger partial charge on any atom is 0.410 e. The summed E-state index contributed by atoms with van der Waals surface area (Å²) < 4.78 is 11.0. The summed E-state index contributed by atoms with van der Waals surface area (Å²) in [5.74, 6) is -0.879. The second kappa shape index (κ2) is 6.40. The van der Waals surface area contributed by atoms with Crippen molar-refractivity contribution < 1.29 is 24.2 Å². The third-order valence-electron chi connectivity index (χ3n) is 3.91. The zero-order chi connectivity index (χ0) is 15.0. The van der Waals surface area contributed by atoms with Crippen LogP contribution >= 0.6 is 12.4 Å². The van der Waals surface area contributed by atoms with Gasteiger partial charge in [0.05, 0.1) is 6.10 Å². The Balaban J connectivity index is 0.00000220. The number of likely N-dealkylation sites (tertiary alicyclic amines) is 1. The minimum atomic E-state index is -0.979. The van der Waals surface area contributed by atoms with E-state index in [1.165, 1.54) is 4.90 Å². The third-order valence-corrected chi connectivity index (χ3v) is 3.91. The van der Waals surface area contributed by atoms with E-state index in [0.717, 1.165) is 0 Å². The van der Waals surface area contributed by atoms with Crippen molar-refractivity contribution in [3.05, 3.63) is 0 Å². The molecule has 0 aromatic rings. The molecule has 0 radical (unpaired) electrons. The molecule has 0 aromatic heterocycles. The molecular weight excluding hydrogens is 298 g/mol. The molecule has 2 rings (SSSR count). The zero-order valence-electron chi connectivity index (χ0n) is 12.8. The first-order valence-corrected chi connectivity index (χ1v) is 7.07. The molecule has 1 amide bonds. The van der Waals surface area contributed by atoms with Gasteiger partial charge in [0.25, 0.3) is 0 Å². The van der Waals surface area contributed by atoms with Crippen LogP contribution in [0.25, 0.3) is 0 Å². The number of fused-ring (bicyclic) bond motifs is 1. The fourth-order valence-electron chi connectivity index (χ4n) is 2.96. The van der Waals surface area contributed by atoms with E-state index in [1.807, 2.05) is 0 Å². The molecule has 1 N–H and O–H groups in total. The molecule has 0 unspecified atom stereocenters. The number of ether oxygens (including phenoxy) is 2. The molecule has 0 bridgehead atoms. The molecule has 2 atom stereocenters. The second-order valence-corrected chi connectivity index (χ2v) is 6.61. The van der Waals surface area contributed by atoms with Gasteiger partial charge in [0.1, 0.15) is 11.0 Å². The van der Waals surface area contributed by atoms with E-state index in [9.17, 15) is 14.7 Å². The van der Waals surface area contributed by atoms with Crippen LogP contribution in [0.5, 0.6) is 0 Å². The topological polar surface area (TPSA) is 76.1 Å². The number of aliphatic carboxylic acids is 1.